The van der Waals surface area contributed by atoms with Crippen molar-refractivity contribution in [2.24, 2.45) is 0 Å². The molecule has 0 saturated heterocycles. The molecule has 1 aliphatic heterocycles. The Morgan fingerprint density at radius 3 is 2.82 bits per heavy atom. The first-order chi connectivity index (χ1) is 7.94. The molecule has 0 aliphatic carbocycles. The van der Waals surface area contributed by atoms with Crippen LogP contribution in [0.1, 0.15) is 17.3 Å². The van der Waals surface area contributed by atoms with Crippen molar-refractivity contribution in [2.75, 3.05) is 12.9 Å². The van der Waals surface area contributed by atoms with Crippen molar-refractivity contribution in [3.63, 3.8) is 0 Å². The molecule has 0 amide bonds. The van der Waals surface area contributed by atoms with Crippen LogP contribution < -0.4 is 4.74 Å². The van der Waals surface area contributed by atoms with Gasteiger partial charge in [-0.1, -0.05) is 0 Å². The average molecular weight is 256 g/mol. The number of hydrogen-bond acceptors (Lipinski definition) is 5. The molecule has 6 heteroatoms. The van der Waals surface area contributed by atoms with E-state index in [2.05, 4.69) is 4.74 Å². The lowest BCUT2D eigenvalue weighted by Gasteiger charge is -2.23. The van der Waals surface area contributed by atoms with Gasteiger partial charge in [0.25, 0.3) is 0 Å². The second-order valence-electron chi connectivity index (χ2n) is 3.86. The van der Waals surface area contributed by atoms with Gasteiger partial charge in [-0.3, -0.25) is 0 Å². The van der Waals surface area contributed by atoms with Crippen LogP contribution in [0.2, 0.25) is 0 Å². The van der Waals surface area contributed by atoms with Gasteiger partial charge in [-0.2, -0.15) is 0 Å². The SMILES string of the molecule is COC(=O)c1ccc2c(c1)S(=O)(=O)CC(C)O2. The van der Waals surface area contributed by atoms with E-state index in [1.54, 1.807) is 6.92 Å². The van der Waals surface area contributed by atoms with E-state index in [4.69, 9.17) is 4.74 Å². The van der Waals surface area contributed by atoms with Gasteiger partial charge >= 0.3 is 5.97 Å². The Kier molecular flexibility index (Phi) is 2.82. The molecule has 1 heterocycles. The summed E-state index contributed by atoms with van der Waals surface area (Å²) in [7, 11) is -2.14. The molecule has 92 valence electrons. The molecule has 0 aromatic heterocycles. The second-order valence-corrected chi connectivity index (χ2v) is 5.87. The summed E-state index contributed by atoms with van der Waals surface area (Å²) >= 11 is 0. The monoisotopic (exact) mass is 256 g/mol. The maximum absolute atomic E-state index is 11.9. The van der Waals surface area contributed by atoms with Crippen molar-refractivity contribution >= 4 is 15.8 Å². The van der Waals surface area contributed by atoms with E-state index in [-0.39, 0.29) is 28.1 Å². The smallest absolute Gasteiger partial charge is 0.337 e. The Bertz CT molecular complexity index is 561. The highest BCUT2D eigenvalue weighted by molar-refractivity contribution is 7.91. The average Bonchev–Trinajstić information content (AvgIpc) is 2.26. The number of hydrogen-bond donors (Lipinski definition) is 0. The highest BCUT2D eigenvalue weighted by Crippen LogP contribution is 2.31. The van der Waals surface area contributed by atoms with Crippen molar-refractivity contribution in [3.05, 3.63) is 23.8 Å². The molecule has 5 nitrogen and oxygen atoms in total. The van der Waals surface area contributed by atoms with Gasteiger partial charge in [-0.25, -0.2) is 13.2 Å². The van der Waals surface area contributed by atoms with Crippen LogP contribution in [0.3, 0.4) is 0 Å². The fourth-order valence-corrected chi connectivity index (χ4v) is 3.34. The Morgan fingerprint density at radius 1 is 1.47 bits per heavy atom. The van der Waals surface area contributed by atoms with Crippen LogP contribution in [-0.4, -0.2) is 33.4 Å². The van der Waals surface area contributed by atoms with Crippen LogP contribution >= 0.6 is 0 Å². The van der Waals surface area contributed by atoms with Crippen LogP contribution in [0.5, 0.6) is 5.75 Å². The number of rotatable bonds is 1. The van der Waals surface area contributed by atoms with E-state index in [9.17, 15) is 13.2 Å². The maximum Gasteiger partial charge on any atom is 0.337 e. The molecule has 0 radical (unpaired) electrons. The quantitative estimate of drug-likeness (QED) is 0.702. The van der Waals surface area contributed by atoms with Crippen molar-refractivity contribution in [1.82, 2.24) is 0 Å². The van der Waals surface area contributed by atoms with Crippen LogP contribution in [0.25, 0.3) is 0 Å². The summed E-state index contributed by atoms with van der Waals surface area (Å²) in [6.07, 6.45) is -0.378. The lowest BCUT2D eigenvalue weighted by Crippen LogP contribution is -2.29. The summed E-state index contributed by atoms with van der Waals surface area (Å²) in [6.45, 7) is 1.69. The predicted octanol–water partition coefficient (Wildman–Crippen LogP) is 1.03. The molecule has 0 spiro atoms. The first-order valence-corrected chi connectivity index (χ1v) is 6.71. The summed E-state index contributed by atoms with van der Waals surface area (Å²) in [6, 6.07) is 4.26. The molecule has 0 N–H and O–H groups in total. The van der Waals surface area contributed by atoms with Gasteiger partial charge in [0.05, 0.1) is 18.4 Å². The normalized spacial score (nSPS) is 21.2. The first-order valence-electron chi connectivity index (χ1n) is 5.06. The maximum atomic E-state index is 11.9. The minimum Gasteiger partial charge on any atom is -0.488 e. The summed E-state index contributed by atoms with van der Waals surface area (Å²) in [5, 5.41) is 0. The fraction of sp³-hybridized carbons (Fsp3) is 0.364. The van der Waals surface area contributed by atoms with Crippen LogP contribution in [0, 0.1) is 0 Å². The van der Waals surface area contributed by atoms with Crippen molar-refractivity contribution in [1.29, 1.82) is 0 Å². The highest BCUT2D eigenvalue weighted by Gasteiger charge is 2.30. The number of ether oxygens (including phenoxy) is 2. The summed E-state index contributed by atoms with van der Waals surface area (Å²) in [4.78, 5) is 11.4. The van der Waals surface area contributed by atoms with Crippen LogP contribution in [-0.2, 0) is 14.6 Å². The Morgan fingerprint density at radius 2 is 2.18 bits per heavy atom. The lowest BCUT2D eigenvalue weighted by atomic mass is 10.2. The number of sulfone groups is 1. The van der Waals surface area contributed by atoms with E-state index >= 15 is 0 Å². The third-order valence-electron chi connectivity index (χ3n) is 2.48. The van der Waals surface area contributed by atoms with E-state index in [1.165, 1.54) is 25.3 Å². The van der Waals surface area contributed by atoms with Crippen molar-refractivity contribution in [2.45, 2.75) is 17.9 Å². The van der Waals surface area contributed by atoms with Crippen molar-refractivity contribution < 1.29 is 22.7 Å². The van der Waals surface area contributed by atoms with Gasteiger partial charge in [0.15, 0.2) is 9.84 Å². The molecule has 0 fully saturated rings. The molecule has 1 aromatic carbocycles. The molecular weight excluding hydrogens is 244 g/mol. The van der Waals surface area contributed by atoms with Gasteiger partial charge in [-0.05, 0) is 25.1 Å². The van der Waals surface area contributed by atoms with Gasteiger partial charge in [0.2, 0.25) is 0 Å². The Hall–Kier alpha value is -1.56. The number of esters is 1. The molecule has 1 aliphatic rings. The number of carbonyl (C=O) groups excluding carboxylic acids is 1. The lowest BCUT2D eigenvalue weighted by molar-refractivity contribution is 0.0600. The zero-order valence-corrected chi connectivity index (χ0v) is 10.3. The van der Waals surface area contributed by atoms with Crippen LogP contribution in [0.15, 0.2) is 23.1 Å². The predicted molar refractivity (Wildman–Crippen MR) is 59.9 cm³/mol. The summed E-state index contributed by atoms with van der Waals surface area (Å²) < 4.78 is 33.8. The van der Waals surface area contributed by atoms with E-state index < -0.39 is 15.8 Å². The zero-order valence-electron chi connectivity index (χ0n) is 9.47. The number of fused-ring (bicyclic) bond motifs is 1. The fourth-order valence-electron chi connectivity index (χ4n) is 1.74. The summed E-state index contributed by atoms with van der Waals surface area (Å²) in [5.74, 6) is -0.358. The Labute approximate surface area is 99.3 Å². The third kappa shape index (κ3) is 2.12. The molecule has 1 aromatic rings. The third-order valence-corrected chi connectivity index (χ3v) is 4.38. The van der Waals surface area contributed by atoms with E-state index in [0.717, 1.165) is 0 Å². The minimum atomic E-state index is -3.39. The van der Waals surface area contributed by atoms with Gasteiger partial charge in [0, 0.05) is 0 Å². The minimum absolute atomic E-state index is 0.0542. The Balaban J connectivity index is 2.55. The standard InChI is InChI=1S/C11H12O5S/c1-7-6-17(13,14)10-5-8(11(12)15-2)3-4-9(10)16-7/h3-5,7H,6H2,1-2H3. The highest BCUT2D eigenvalue weighted by atomic mass is 32.2. The molecule has 0 bridgehead atoms. The largest absolute Gasteiger partial charge is 0.488 e. The summed E-state index contributed by atoms with van der Waals surface area (Å²) in [5.41, 5.74) is 0.202. The number of benzene rings is 1. The molecule has 17 heavy (non-hydrogen) atoms. The van der Waals surface area contributed by atoms with E-state index in [1.807, 2.05) is 0 Å². The molecular formula is C11H12O5S. The molecule has 2 rings (SSSR count). The van der Waals surface area contributed by atoms with Gasteiger partial charge < -0.3 is 9.47 Å². The second kappa shape index (κ2) is 4.03. The van der Waals surface area contributed by atoms with Gasteiger partial charge in [0.1, 0.15) is 16.7 Å². The first kappa shape index (κ1) is 11.9. The van der Waals surface area contributed by atoms with Crippen LogP contribution in [0.4, 0.5) is 0 Å². The zero-order chi connectivity index (χ0) is 12.6. The number of carbonyl (C=O) groups is 1. The molecule has 1 unspecified atom stereocenters. The molecule has 1 atom stereocenters. The topological polar surface area (TPSA) is 69.7 Å². The van der Waals surface area contributed by atoms with Gasteiger partial charge in [-0.15, -0.1) is 0 Å². The van der Waals surface area contributed by atoms with Crippen molar-refractivity contribution in [3.8, 4) is 5.75 Å². The molecule has 0 saturated carbocycles. The van der Waals surface area contributed by atoms with E-state index in [0.29, 0.717) is 0 Å². The number of methoxy groups -OCH3 is 1.